The first kappa shape index (κ1) is 14.6. The van der Waals surface area contributed by atoms with Gasteiger partial charge in [-0.2, -0.15) is 0 Å². The second kappa shape index (κ2) is 7.07. The van der Waals surface area contributed by atoms with Crippen LogP contribution in [0.2, 0.25) is 0 Å². The molecule has 0 heterocycles. The highest BCUT2D eigenvalue weighted by molar-refractivity contribution is 9.10. The predicted molar refractivity (Wildman–Crippen MR) is 82.6 cm³/mol. The van der Waals surface area contributed by atoms with Crippen molar-refractivity contribution in [2.45, 2.75) is 6.04 Å². The van der Waals surface area contributed by atoms with E-state index in [9.17, 15) is 9.90 Å². The number of carbonyl (C=O) groups excluding carboxylic acids is 1. The van der Waals surface area contributed by atoms with Crippen molar-refractivity contribution in [2.75, 3.05) is 11.9 Å². The van der Waals surface area contributed by atoms with Crippen molar-refractivity contribution in [3.05, 3.63) is 64.6 Å². The third-order valence-corrected chi connectivity index (χ3v) is 3.27. The minimum absolute atomic E-state index is 0.157. The third kappa shape index (κ3) is 4.08. The van der Waals surface area contributed by atoms with E-state index in [-0.39, 0.29) is 12.6 Å². The third-order valence-electron chi connectivity index (χ3n) is 2.77. The van der Waals surface area contributed by atoms with E-state index in [1.54, 1.807) is 12.1 Å². The molecule has 2 rings (SSSR count). The first-order valence-corrected chi connectivity index (χ1v) is 6.97. The number of halogens is 1. The number of anilines is 1. The van der Waals surface area contributed by atoms with E-state index in [0.29, 0.717) is 5.69 Å². The second-order valence-electron chi connectivity index (χ2n) is 4.25. The number of hydrogen-bond donors (Lipinski definition) is 3. The Morgan fingerprint density at radius 2 is 1.90 bits per heavy atom. The molecule has 0 aliphatic rings. The highest BCUT2D eigenvalue weighted by atomic mass is 79.9. The van der Waals surface area contributed by atoms with Crippen molar-refractivity contribution in [3.63, 3.8) is 0 Å². The van der Waals surface area contributed by atoms with E-state index >= 15 is 0 Å². The molecule has 20 heavy (non-hydrogen) atoms. The van der Waals surface area contributed by atoms with Crippen LogP contribution < -0.4 is 10.6 Å². The van der Waals surface area contributed by atoms with Gasteiger partial charge in [0.1, 0.15) is 0 Å². The van der Waals surface area contributed by atoms with E-state index in [1.165, 1.54) is 0 Å². The van der Waals surface area contributed by atoms with E-state index in [1.807, 2.05) is 42.5 Å². The molecule has 4 nitrogen and oxygen atoms in total. The monoisotopic (exact) mass is 334 g/mol. The van der Waals surface area contributed by atoms with Gasteiger partial charge in [0.25, 0.3) is 0 Å². The van der Waals surface area contributed by atoms with Gasteiger partial charge in [0.05, 0.1) is 12.6 Å². The summed E-state index contributed by atoms with van der Waals surface area (Å²) in [4.78, 5) is 11.9. The van der Waals surface area contributed by atoms with Gasteiger partial charge in [0.2, 0.25) is 0 Å². The summed E-state index contributed by atoms with van der Waals surface area (Å²) in [5.74, 6) is 0. The standard InChI is InChI=1S/C15H15BrN2O2/c16-12-7-4-8-13(9-12)17-15(20)18-14(10-19)11-5-2-1-3-6-11/h1-9,14,19H,10H2,(H2,17,18,20). The summed E-state index contributed by atoms with van der Waals surface area (Å²) in [6.07, 6.45) is 0. The van der Waals surface area contributed by atoms with Crippen LogP contribution in [0.15, 0.2) is 59.1 Å². The fourth-order valence-electron chi connectivity index (χ4n) is 1.81. The van der Waals surface area contributed by atoms with Crippen molar-refractivity contribution >= 4 is 27.6 Å². The van der Waals surface area contributed by atoms with Crippen LogP contribution in [0.4, 0.5) is 10.5 Å². The van der Waals surface area contributed by atoms with E-state index in [2.05, 4.69) is 26.6 Å². The number of nitrogens with one attached hydrogen (secondary N) is 2. The largest absolute Gasteiger partial charge is 0.394 e. The highest BCUT2D eigenvalue weighted by Gasteiger charge is 2.13. The molecule has 2 aromatic carbocycles. The van der Waals surface area contributed by atoms with Crippen molar-refractivity contribution in [1.82, 2.24) is 5.32 Å². The fraction of sp³-hybridized carbons (Fsp3) is 0.133. The predicted octanol–water partition coefficient (Wildman–Crippen LogP) is 3.30. The Morgan fingerprint density at radius 3 is 2.55 bits per heavy atom. The number of rotatable bonds is 4. The van der Waals surface area contributed by atoms with E-state index in [4.69, 9.17) is 0 Å². The topological polar surface area (TPSA) is 61.4 Å². The molecule has 0 radical (unpaired) electrons. The van der Waals surface area contributed by atoms with Gasteiger partial charge >= 0.3 is 6.03 Å². The number of aliphatic hydroxyl groups is 1. The Hall–Kier alpha value is -1.85. The molecule has 3 N–H and O–H groups in total. The van der Waals surface area contributed by atoms with Gasteiger partial charge in [-0.15, -0.1) is 0 Å². The van der Waals surface area contributed by atoms with Crippen LogP contribution in [0.1, 0.15) is 11.6 Å². The van der Waals surface area contributed by atoms with Gasteiger partial charge in [0, 0.05) is 10.2 Å². The maximum absolute atomic E-state index is 11.9. The smallest absolute Gasteiger partial charge is 0.319 e. The molecule has 0 aliphatic heterocycles. The second-order valence-corrected chi connectivity index (χ2v) is 5.17. The van der Waals surface area contributed by atoms with E-state index in [0.717, 1.165) is 10.0 Å². The molecule has 1 atom stereocenters. The van der Waals surface area contributed by atoms with Gasteiger partial charge in [0.15, 0.2) is 0 Å². The molecule has 2 amide bonds. The molecule has 0 fully saturated rings. The lowest BCUT2D eigenvalue weighted by Crippen LogP contribution is -2.34. The maximum atomic E-state index is 11.9. The van der Waals surface area contributed by atoms with Crippen molar-refractivity contribution < 1.29 is 9.90 Å². The number of amides is 2. The first-order chi connectivity index (χ1) is 9.69. The average Bonchev–Trinajstić information content (AvgIpc) is 2.45. The van der Waals surface area contributed by atoms with Gasteiger partial charge in [-0.05, 0) is 23.8 Å². The summed E-state index contributed by atoms with van der Waals surface area (Å²) < 4.78 is 0.886. The molecular weight excluding hydrogens is 320 g/mol. The first-order valence-electron chi connectivity index (χ1n) is 6.18. The van der Waals surface area contributed by atoms with Crippen LogP contribution in [0.3, 0.4) is 0 Å². The minimum Gasteiger partial charge on any atom is -0.394 e. The zero-order chi connectivity index (χ0) is 14.4. The molecule has 2 aromatic rings. The summed E-state index contributed by atoms with van der Waals surface area (Å²) in [6.45, 7) is -0.157. The van der Waals surface area contributed by atoms with Crippen LogP contribution in [0.5, 0.6) is 0 Å². The summed E-state index contributed by atoms with van der Waals surface area (Å²) >= 11 is 3.34. The van der Waals surface area contributed by atoms with Crippen molar-refractivity contribution in [3.8, 4) is 0 Å². The van der Waals surface area contributed by atoms with Crippen LogP contribution >= 0.6 is 15.9 Å². The molecule has 0 spiro atoms. The minimum atomic E-state index is -0.427. The van der Waals surface area contributed by atoms with Crippen molar-refractivity contribution in [1.29, 1.82) is 0 Å². The quantitative estimate of drug-likeness (QED) is 0.803. The van der Waals surface area contributed by atoms with Crippen LogP contribution in [-0.2, 0) is 0 Å². The lowest BCUT2D eigenvalue weighted by molar-refractivity contribution is 0.225. The lowest BCUT2D eigenvalue weighted by atomic mass is 10.1. The SMILES string of the molecule is O=C(Nc1cccc(Br)c1)NC(CO)c1ccccc1. The molecule has 1 unspecified atom stereocenters. The highest BCUT2D eigenvalue weighted by Crippen LogP contribution is 2.16. The Labute approximate surface area is 126 Å². The summed E-state index contributed by atoms with van der Waals surface area (Å²) in [5.41, 5.74) is 1.54. The fourth-order valence-corrected chi connectivity index (χ4v) is 2.21. The molecule has 0 bridgehead atoms. The Morgan fingerprint density at radius 1 is 1.15 bits per heavy atom. The number of aliphatic hydroxyl groups excluding tert-OH is 1. The number of carbonyl (C=O) groups is 1. The zero-order valence-corrected chi connectivity index (χ0v) is 12.3. The van der Waals surface area contributed by atoms with Crippen LogP contribution in [-0.4, -0.2) is 17.7 Å². The van der Waals surface area contributed by atoms with Gasteiger partial charge in [-0.3, -0.25) is 0 Å². The summed E-state index contributed by atoms with van der Waals surface area (Å²) in [7, 11) is 0. The lowest BCUT2D eigenvalue weighted by Gasteiger charge is -2.17. The maximum Gasteiger partial charge on any atom is 0.319 e. The molecule has 0 saturated carbocycles. The number of benzene rings is 2. The van der Waals surface area contributed by atoms with Gasteiger partial charge < -0.3 is 15.7 Å². The molecule has 0 saturated heterocycles. The Balaban J connectivity index is 2.00. The van der Waals surface area contributed by atoms with Crippen LogP contribution in [0.25, 0.3) is 0 Å². The van der Waals surface area contributed by atoms with Crippen LogP contribution in [0, 0.1) is 0 Å². The zero-order valence-electron chi connectivity index (χ0n) is 10.7. The van der Waals surface area contributed by atoms with E-state index < -0.39 is 6.04 Å². The average molecular weight is 335 g/mol. The summed E-state index contributed by atoms with van der Waals surface area (Å²) in [5, 5.41) is 14.9. The molecule has 104 valence electrons. The molecule has 0 aromatic heterocycles. The Bertz CT molecular complexity index is 575. The normalized spacial score (nSPS) is 11.7. The number of urea groups is 1. The molecule has 0 aliphatic carbocycles. The molecule has 5 heteroatoms. The molecular formula is C15H15BrN2O2. The van der Waals surface area contributed by atoms with Gasteiger partial charge in [-0.25, -0.2) is 4.79 Å². The summed E-state index contributed by atoms with van der Waals surface area (Å²) in [6, 6.07) is 15.9. The number of hydrogen-bond acceptors (Lipinski definition) is 2. The van der Waals surface area contributed by atoms with Gasteiger partial charge in [-0.1, -0.05) is 52.3 Å². The van der Waals surface area contributed by atoms with Crippen molar-refractivity contribution in [2.24, 2.45) is 0 Å². The Kier molecular flexibility index (Phi) is 5.15.